The van der Waals surface area contributed by atoms with E-state index < -0.39 is 0 Å². The van der Waals surface area contributed by atoms with Gasteiger partial charge in [0.2, 0.25) is 0 Å². The zero-order valence-corrected chi connectivity index (χ0v) is 11.0. The number of fused-ring (bicyclic) bond motifs is 1. The highest BCUT2D eigenvalue weighted by Crippen LogP contribution is 2.35. The molecule has 1 saturated carbocycles. The van der Waals surface area contributed by atoms with E-state index in [1.165, 1.54) is 25.8 Å². The van der Waals surface area contributed by atoms with Crippen LogP contribution in [0.2, 0.25) is 0 Å². The minimum Gasteiger partial charge on any atom is -0.327 e. The van der Waals surface area contributed by atoms with E-state index in [0.29, 0.717) is 12.0 Å². The van der Waals surface area contributed by atoms with Crippen LogP contribution < -0.4 is 5.73 Å². The molecule has 1 aromatic heterocycles. The quantitative estimate of drug-likeness (QED) is 0.855. The number of aromatic nitrogens is 2. The van der Waals surface area contributed by atoms with Gasteiger partial charge in [0.15, 0.2) is 0 Å². The molecule has 1 aliphatic heterocycles. The van der Waals surface area contributed by atoms with Crippen molar-refractivity contribution in [2.45, 2.75) is 38.8 Å². The van der Waals surface area contributed by atoms with Crippen LogP contribution in [0.15, 0.2) is 12.3 Å². The smallest absolute Gasteiger partial charge is 0.125 e. The highest BCUT2D eigenvalue weighted by Gasteiger charge is 2.38. The second-order valence-corrected chi connectivity index (χ2v) is 5.81. The molecule has 2 N–H and O–H groups in total. The van der Waals surface area contributed by atoms with Crippen LogP contribution >= 0.6 is 0 Å². The van der Waals surface area contributed by atoms with Gasteiger partial charge in [-0.25, -0.2) is 9.97 Å². The first-order chi connectivity index (χ1) is 8.72. The summed E-state index contributed by atoms with van der Waals surface area (Å²) in [5, 5.41) is 0. The highest BCUT2D eigenvalue weighted by molar-refractivity contribution is 5.03. The second-order valence-electron chi connectivity index (χ2n) is 5.81. The van der Waals surface area contributed by atoms with Gasteiger partial charge in [-0.3, -0.25) is 4.90 Å². The summed E-state index contributed by atoms with van der Waals surface area (Å²) in [5.74, 6) is 2.39. The summed E-state index contributed by atoms with van der Waals surface area (Å²) >= 11 is 0. The van der Waals surface area contributed by atoms with Gasteiger partial charge in [-0.15, -0.1) is 0 Å². The molecule has 3 unspecified atom stereocenters. The van der Waals surface area contributed by atoms with E-state index in [4.69, 9.17) is 5.73 Å². The maximum absolute atomic E-state index is 6.25. The molecule has 4 nitrogen and oxygen atoms in total. The zero-order valence-electron chi connectivity index (χ0n) is 11.0. The number of nitrogens with zero attached hydrogens (tertiary/aromatic N) is 3. The summed E-state index contributed by atoms with van der Waals surface area (Å²) in [6.07, 6.45) is 5.73. The lowest BCUT2D eigenvalue weighted by Crippen LogP contribution is -2.38. The standard InChI is InChI=1S/C14H22N4/c1-10-16-6-5-12(17-10)8-18-7-11-3-2-4-14(15)13(11)9-18/h5-6,11,13-14H,2-4,7-9,15H2,1H3. The van der Waals surface area contributed by atoms with Crippen molar-refractivity contribution in [3.05, 3.63) is 23.8 Å². The number of nitrogens with two attached hydrogens (primary N) is 1. The molecule has 98 valence electrons. The first kappa shape index (κ1) is 12.1. The van der Waals surface area contributed by atoms with Gasteiger partial charge in [-0.1, -0.05) is 6.42 Å². The van der Waals surface area contributed by atoms with Crippen molar-refractivity contribution < 1.29 is 0 Å². The Labute approximate surface area is 109 Å². The van der Waals surface area contributed by atoms with Crippen LogP contribution in [0, 0.1) is 18.8 Å². The van der Waals surface area contributed by atoms with E-state index in [1.807, 2.05) is 19.2 Å². The molecule has 0 amide bonds. The van der Waals surface area contributed by atoms with Crippen LogP contribution in [0.25, 0.3) is 0 Å². The van der Waals surface area contributed by atoms with Crippen LogP contribution in [-0.4, -0.2) is 34.0 Å². The largest absolute Gasteiger partial charge is 0.327 e. The third-order valence-corrected chi connectivity index (χ3v) is 4.45. The molecule has 0 bridgehead atoms. The van der Waals surface area contributed by atoms with Crippen molar-refractivity contribution in [1.29, 1.82) is 0 Å². The van der Waals surface area contributed by atoms with Crippen molar-refractivity contribution in [3.8, 4) is 0 Å². The molecule has 2 fully saturated rings. The Balaban J connectivity index is 1.65. The SMILES string of the molecule is Cc1nccc(CN2CC3CCCC(N)C3C2)n1. The van der Waals surface area contributed by atoms with E-state index >= 15 is 0 Å². The summed E-state index contributed by atoms with van der Waals surface area (Å²) in [6, 6.07) is 2.44. The minimum atomic E-state index is 0.417. The summed E-state index contributed by atoms with van der Waals surface area (Å²) in [6.45, 7) is 5.24. The second kappa shape index (κ2) is 4.94. The molecule has 0 radical (unpaired) electrons. The molecule has 0 aromatic carbocycles. The third kappa shape index (κ3) is 2.40. The van der Waals surface area contributed by atoms with Crippen molar-refractivity contribution in [2.75, 3.05) is 13.1 Å². The van der Waals surface area contributed by atoms with Crippen molar-refractivity contribution in [3.63, 3.8) is 0 Å². The first-order valence-corrected chi connectivity index (χ1v) is 6.99. The summed E-state index contributed by atoms with van der Waals surface area (Å²) < 4.78 is 0. The molecule has 4 heteroatoms. The fraction of sp³-hybridized carbons (Fsp3) is 0.714. The number of likely N-dealkylation sites (tertiary alicyclic amines) is 1. The van der Waals surface area contributed by atoms with Gasteiger partial charge in [-0.2, -0.15) is 0 Å². The fourth-order valence-electron chi connectivity index (χ4n) is 3.56. The molecule has 1 aromatic rings. The predicted molar refractivity (Wildman–Crippen MR) is 70.9 cm³/mol. The molecule has 3 atom stereocenters. The monoisotopic (exact) mass is 246 g/mol. The molecular weight excluding hydrogens is 224 g/mol. The first-order valence-electron chi connectivity index (χ1n) is 6.99. The van der Waals surface area contributed by atoms with Crippen LogP contribution in [0.3, 0.4) is 0 Å². The lowest BCUT2D eigenvalue weighted by atomic mass is 9.78. The molecule has 2 heterocycles. The van der Waals surface area contributed by atoms with Gasteiger partial charge in [0.05, 0.1) is 5.69 Å². The van der Waals surface area contributed by atoms with Crippen LogP contribution in [0.4, 0.5) is 0 Å². The van der Waals surface area contributed by atoms with Gasteiger partial charge in [0.1, 0.15) is 5.82 Å². The molecule has 1 aliphatic carbocycles. The number of hydrogen-bond acceptors (Lipinski definition) is 4. The molecule has 0 spiro atoms. The summed E-state index contributed by atoms with van der Waals surface area (Å²) in [4.78, 5) is 11.2. The molecule has 1 saturated heterocycles. The van der Waals surface area contributed by atoms with Crippen molar-refractivity contribution in [2.24, 2.45) is 17.6 Å². The van der Waals surface area contributed by atoms with Crippen molar-refractivity contribution in [1.82, 2.24) is 14.9 Å². The Morgan fingerprint density at radius 1 is 1.39 bits per heavy atom. The minimum absolute atomic E-state index is 0.417. The van der Waals surface area contributed by atoms with Gasteiger partial charge >= 0.3 is 0 Å². The van der Waals surface area contributed by atoms with E-state index in [0.717, 1.165) is 30.5 Å². The average Bonchev–Trinajstić information content (AvgIpc) is 2.73. The fourth-order valence-corrected chi connectivity index (χ4v) is 3.56. The van der Waals surface area contributed by atoms with E-state index in [9.17, 15) is 0 Å². The van der Waals surface area contributed by atoms with Crippen molar-refractivity contribution >= 4 is 0 Å². The Bertz CT molecular complexity index is 420. The summed E-state index contributed by atoms with van der Waals surface area (Å²) in [7, 11) is 0. The van der Waals surface area contributed by atoms with E-state index in [1.54, 1.807) is 0 Å². The van der Waals surface area contributed by atoms with Crippen LogP contribution in [0.1, 0.15) is 30.8 Å². The summed E-state index contributed by atoms with van der Waals surface area (Å²) in [5.41, 5.74) is 7.38. The van der Waals surface area contributed by atoms with Crippen LogP contribution in [-0.2, 0) is 6.54 Å². The average molecular weight is 246 g/mol. The highest BCUT2D eigenvalue weighted by atomic mass is 15.2. The van der Waals surface area contributed by atoms with E-state index in [2.05, 4.69) is 14.9 Å². The number of aryl methyl sites for hydroxylation is 1. The Kier molecular flexibility index (Phi) is 3.31. The Morgan fingerprint density at radius 3 is 3.06 bits per heavy atom. The maximum Gasteiger partial charge on any atom is 0.125 e. The Hall–Kier alpha value is -1.00. The number of rotatable bonds is 2. The molecule has 2 aliphatic rings. The van der Waals surface area contributed by atoms with Gasteiger partial charge in [0, 0.05) is 31.9 Å². The van der Waals surface area contributed by atoms with Crippen LogP contribution in [0.5, 0.6) is 0 Å². The molecule has 3 rings (SSSR count). The lowest BCUT2D eigenvalue weighted by molar-refractivity contribution is 0.259. The van der Waals surface area contributed by atoms with E-state index in [-0.39, 0.29) is 0 Å². The van der Waals surface area contributed by atoms with Gasteiger partial charge in [0.25, 0.3) is 0 Å². The maximum atomic E-state index is 6.25. The number of hydrogen-bond donors (Lipinski definition) is 1. The zero-order chi connectivity index (χ0) is 12.5. The topological polar surface area (TPSA) is 55.0 Å². The third-order valence-electron chi connectivity index (χ3n) is 4.45. The van der Waals surface area contributed by atoms with Gasteiger partial charge in [-0.05, 0) is 37.7 Å². The molecular formula is C14H22N4. The normalized spacial score (nSPS) is 32.4. The Morgan fingerprint density at radius 2 is 2.28 bits per heavy atom. The lowest BCUT2D eigenvalue weighted by Gasteiger charge is -2.29. The molecule has 18 heavy (non-hydrogen) atoms. The predicted octanol–water partition coefficient (Wildman–Crippen LogP) is 1.34. The van der Waals surface area contributed by atoms with Gasteiger partial charge < -0.3 is 5.73 Å².